The Labute approximate surface area is 102 Å². The summed E-state index contributed by atoms with van der Waals surface area (Å²) in [5.41, 5.74) is 1.74. The molecule has 1 aromatic carbocycles. The van der Waals surface area contributed by atoms with E-state index in [-0.39, 0.29) is 0 Å². The van der Waals surface area contributed by atoms with Gasteiger partial charge in [-0.2, -0.15) is 0 Å². The summed E-state index contributed by atoms with van der Waals surface area (Å²) < 4.78 is 0.434. The zero-order chi connectivity index (χ0) is 10.8. The lowest BCUT2D eigenvalue weighted by molar-refractivity contribution is 1.14. The average Bonchev–Trinajstić information content (AvgIpc) is 2.16. The van der Waals surface area contributed by atoms with Crippen LogP contribution in [0.15, 0.2) is 30.5 Å². The fourth-order valence-electron chi connectivity index (χ4n) is 1.25. The van der Waals surface area contributed by atoms with Gasteiger partial charge in [0.15, 0.2) is 4.77 Å². The van der Waals surface area contributed by atoms with Crippen LogP contribution in [0.25, 0.3) is 11.3 Å². The lowest BCUT2D eigenvalue weighted by Crippen LogP contribution is -1.86. The van der Waals surface area contributed by atoms with Crippen molar-refractivity contribution in [3.63, 3.8) is 0 Å². The summed E-state index contributed by atoms with van der Waals surface area (Å²) in [7, 11) is 0. The summed E-state index contributed by atoms with van der Waals surface area (Å²) in [6.45, 7) is 0. The highest BCUT2D eigenvalue weighted by atomic mass is 35.5. The molecule has 2 aromatic rings. The number of aromatic nitrogens is 2. The minimum absolute atomic E-state index is 0.434. The van der Waals surface area contributed by atoms with Crippen LogP contribution in [0, 0.1) is 4.77 Å². The molecule has 76 valence electrons. The van der Waals surface area contributed by atoms with E-state index in [0.717, 1.165) is 11.3 Å². The number of benzene rings is 1. The van der Waals surface area contributed by atoms with Crippen molar-refractivity contribution in [1.29, 1.82) is 0 Å². The van der Waals surface area contributed by atoms with Gasteiger partial charge in [-0.05, 0) is 36.5 Å². The number of aromatic amines is 1. The van der Waals surface area contributed by atoms with Gasteiger partial charge in [0.25, 0.3) is 0 Å². The first-order valence-electron chi connectivity index (χ1n) is 4.17. The molecule has 0 aliphatic carbocycles. The molecule has 0 fully saturated rings. The van der Waals surface area contributed by atoms with E-state index in [1.807, 2.05) is 18.2 Å². The first-order valence-corrected chi connectivity index (χ1v) is 5.33. The predicted molar refractivity (Wildman–Crippen MR) is 64.9 cm³/mol. The molecule has 0 atom stereocenters. The van der Waals surface area contributed by atoms with E-state index in [9.17, 15) is 0 Å². The second kappa shape index (κ2) is 4.31. The zero-order valence-corrected chi connectivity index (χ0v) is 9.83. The molecule has 0 aliphatic heterocycles. The molecule has 0 unspecified atom stereocenters. The molecule has 5 heteroatoms. The van der Waals surface area contributed by atoms with Crippen molar-refractivity contribution in [1.82, 2.24) is 9.97 Å². The maximum Gasteiger partial charge on any atom is 0.197 e. The van der Waals surface area contributed by atoms with Gasteiger partial charge in [-0.1, -0.05) is 23.2 Å². The highest BCUT2D eigenvalue weighted by Crippen LogP contribution is 2.25. The average molecular weight is 257 g/mol. The second-order valence-corrected chi connectivity index (χ2v) is 4.21. The molecule has 15 heavy (non-hydrogen) atoms. The van der Waals surface area contributed by atoms with Crippen LogP contribution >= 0.6 is 35.4 Å². The molecule has 0 saturated heterocycles. The minimum Gasteiger partial charge on any atom is -0.330 e. The largest absolute Gasteiger partial charge is 0.330 e. The summed E-state index contributed by atoms with van der Waals surface area (Å²) in [4.78, 5) is 6.87. The van der Waals surface area contributed by atoms with Crippen LogP contribution < -0.4 is 0 Å². The van der Waals surface area contributed by atoms with Crippen molar-refractivity contribution in [2.24, 2.45) is 0 Å². The Morgan fingerprint density at radius 2 is 1.80 bits per heavy atom. The molecule has 1 aromatic heterocycles. The first-order chi connectivity index (χ1) is 7.15. The molecular weight excluding hydrogens is 251 g/mol. The van der Waals surface area contributed by atoms with E-state index in [4.69, 9.17) is 35.4 Å². The van der Waals surface area contributed by atoms with Gasteiger partial charge in [0, 0.05) is 27.5 Å². The van der Waals surface area contributed by atoms with Gasteiger partial charge in [0.05, 0.1) is 0 Å². The fourth-order valence-corrected chi connectivity index (χ4v) is 1.94. The quantitative estimate of drug-likeness (QED) is 0.778. The Kier molecular flexibility index (Phi) is 3.05. The van der Waals surface area contributed by atoms with Gasteiger partial charge in [-0.25, -0.2) is 4.98 Å². The molecule has 0 spiro atoms. The minimum atomic E-state index is 0.434. The predicted octanol–water partition coefficient (Wildman–Crippen LogP) is 4.11. The number of nitrogens with zero attached hydrogens (tertiary/aromatic N) is 1. The third-order valence-electron chi connectivity index (χ3n) is 1.85. The third kappa shape index (κ3) is 2.56. The molecule has 1 heterocycles. The molecule has 0 radical (unpaired) electrons. The van der Waals surface area contributed by atoms with E-state index >= 15 is 0 Å². The number of halogens is 2. The Hall–Kier alpha value is -0.900. The summed E-state index contributed by atoms with van der Waals surface area (Å²) in [6, 6.07) is 7.13. The maximum absolute atomic E-state index is 5.90. The molecule has 0 amide bonds. The highest BCUT2D eigenvalue weighted by molar-refractivity contribution is 7.71. The number of hydrogen-bond acceptors (Lipinski definition) is 2. The molecule has 0 aliphatic rings. The summed E-state index contributed by atoms with van der Waals surface area (Å²) >= 11 is 16.7. The molecule has 2 nitrogen and oxygen atoms in total. The fraction of sp³-hybridized carbons (Fsp3) is 0. The highest BCUT2D eigenvalue weighted by Gasteiger charge is 2.01. The van der Waals surface area contributed by atoms with Crippen LogP contribution in [0.5, 0.6) is 0 Å². The van der Waals surface area contributed by atoms with Crippen molar-refractivity contribution in [2.75, 3.05) is 0 Å². The van der Waals surface area contributed by atoms with Crippen LogP contribution in [-0.4, -0.2) is 9.97 Å². The van der Waals surface area contributed by atoms with Crippen LogP contribution in [0.1, 0.15) is 0 Å². The molecule has 2 rings (SSSR count). The summed E-state index contributed by atoms with van der Waals surface area (Å²) in [6.07, 6.45) is 1.64. The Morgan fingerprint density at radius 1 is 1.13 bits per heavy atom. The maximum atomic E-state index is 5.90. The Balaban J connectivity index is 2.58. The lowest BCUT2D eigenvalue weighted by atomic mass is 10.1. The summed E-state index contributed by atoms with van der Waals surface area (Å²) in [5.74, 6) is 0. The number of hydrogen-bond donors (Lipinski definition) is 1. The van der Waals surface area contributed by atoms with E-state index in [1.54, 1.807) is 12.3 Å². The topological polar surface area (TPSA) is 28.7 Å². The van der Waals surface area contributed by atoms with E-state index in [2.05, 4.69) is 9.97 Å². The van der Waals surface area contributed by atoms with Crippen molar-refractivity contribution in [3.05, 3.63) is 45.3 Å². The molecule has 0 saturated carbocycles. The van der Waals surface area contributed by atoms with Gasteiger partial charge in [-0.15, -0.1) is 0 Å². The normalized spacial score (nSPS) is 10.3. The van der Waals surface area contributed by atoms with Crippen LogP contribution in [-0.2, 0) is 0 Å². The van der Waals surface area contributed by atoms with Crippen molar-refractivity contribution < 1.29 is 0 Å². The number of H-pyrrole nitrogens is 1. The number of nitrogens with one attached hydrogen (secondary N) is 1. The van der Waals surface area contributed by atoms with Crippen LogP contribution in [0.2, 0.25) is 10.0 Å². The molecular formula is C10H6Cl2N2S. The smallest absolute Gasteiger partial charge is 0.197 e. The van der Waals surface area contributed by atoms with Gasteiger partial charge < -0.3 is 4.98 Å². The number of rotatable bonds is 1. The molecule has 0 bridgehead atoms. The van der Waals surface area contributed by atoms with Crippen molar-refractivity contribution in [2.45, 2.75) is 0 Å². The standard InChI is InChI=1S/C10H6Cl2N2S/c11-7-3-6(4-8(12)5-7)9-1-2-13-10(15)14-9/h1-5H,(H,13,14,15). The zero-order valence-electron chi connectivity index (χ0n) is 7.50. The van der Waals surface area contributed by atoms with E-state index in [1.165, 1.54) is 0 Å². The van der Waals surface area contributed by atoms with Crippen LogP contribution in [0.4, 0.5) is 0 Å². The van der Waals surface area contributed by atoms with Crippen molar-refractivity contribution >= 4 is 35.4 Å². The van der Waals surface area contributed by atoms with Crippen molar-refractivity contribution in [3.8, 4) is 11.3 Å². The van der Waals surface area contributed by atoms with Gasteiger partial charge in [0.1, 0.15) is 0 Å². The SMILES string of the molecule is S=c1nccc(-c2cc(Cl)cc(Cl)c2)[nH]1. The second-order valence-electron chi connectivity index (χ2n) is 2.95. The van der Waals surface area contributed by atoms with Gasteiger partial charge in [-0.3, -0.25) is 0 Å². The molecule has 1 N–H and O–H groups in total. The first kappa shape index (κ1) is 10.6. The Morgan fingerprint density at radius 3 is 2.40 bits per heavy atom. The van der Waals surface area contributed by atoms with E-state index < -0.39 is 0 Å². The van der Waals surface area contributed by atoms with Gasteiger partial charge >= 0.3 is 0 Å². The van der Waals surface area contributed by atoms with Crippen LogP contribution in [0.3, 0.4) is 0 Å². The summed E-state index contributed by atoms with van der Waals surface area (Å²) in [5, 5.41) is 1.18. The van der Waals surface area contributed by atoms with E-state index in [0.29, 0.717) is 14.8 Å². The third-order valence-corrected chi connectivity index (χ3v) is 2.49. The lowest BCUT2D eigenvalue weighted by Gasteiger charge is -2.02. The monoisotopic (exact) mass is 256 g/mol. The van der Waals surface area contributed by atoms with Gasteiger partial charge in [0.2, 0.25) is 0 Å². The Bertz CT molecular complexity index is 531.